The van der Waals surface area contributed by atoms with Crippen LogP contribution in [0.15, 0.2) is 23.8 Å². The maximum Gasteiger partial charge on any atom is 0.259 e. The zero-order chi connectivity index (χ0) is 19.5. The van der Waals surface area contributed by atoms with E-state index in [1.54, 1.807) is 39.2 Å². The number of hydrogen-bond acceptors (Lipinski definition) is 5. The smallest absolute Gasteiger partial charge is 0.259 e. The van der Waals surface area contributed by atoms with E-state index in [-0.39, 0.29) is 30.3 Å². The summed E-state index contributed by atoms with van der Waals surface area (Å²) in [6.45, 7) is 4.77. The van der Waals surface area contributed by atoms with Gasteiger partial charge in [-0.25, -0.2) is 0 Å². The molecule has 6 heteroatoms. The lowest BCUT2D eigenvalue weighted by Crippen LogP contribution is -2.42. The largest absolute Gasteiger partial charge is 0.506 e. The highest BCUT2D eigenvalue weighted by Gasteiger charge is 2.43. The number of carbonyl (C=O) groups is 3. The summed E-state index contributed by atoms with van der Waals surface area (Å²) < 4.78 is 4.89. The second kappa shape index (κ2) is 7.54. The summed E-state index contributed by atoms with van der Waals surface area (Å²) in [7, 11) is 1.55. The number of methoxy groups -OCH3 is 1. The number of benzene rings is 1. The molecule has 1 amide bonds. The number of aliphatic hydroxyl groups excluding tert-OH is 1. The van der Waals surface area contributed by atoms with E-state index in [1.165, 1.54) is 6.92 Å². The van der Waals surface area contributed by atoms with Gasteiger partial charge in [-0.2, -0.15) is 0 Å². The highest BCUT2D eigenvalue weighted by molar-refractivity contribution is 6.28. The van der Waals surface area contributed by atoms with E-state index in [2.05, 4.69) is 17.2 Å². The first-order valence-electron chi connectivity index (χ1n) is 8.08. The molecule has 6 nitrogen and oxygen atoms in total. The van der Waals surface area contributed by atoms with Gasteiger partial charge in [0, 0.05) is 18.2 Å². The van der Waals surface area contributed by atoms with Crippen molar-refractivity contribution in [2.75, 3.05) is 20.3 Å². The molecule has 2 rings (SSSR count). The maximum atomic E-state index is 12.9. The Morgan fingerprint density at radius 1 is 1.31 bits per heavy atom. The molecular formula is C20H21NO5. The third kappa shape index (κ3) is 3.68. The van der Waals surface area contributed by atoms with E-state index in [0.29, 0.717) is 16.7 Å². The molecule has 0 radical (unpaired) electrons. The number of ketones is 2. The minimum Gasteiger partial charge on any atom is -0.506 e. The molecule has 0 saturated carbocycles. The van der Waals surface area contributed by atoms with Crippen molar-refractivity contribution in [2.24, 2.45) is 0 Å². The van der Waals surface area contributed by atoms with Gasteiger partial charge in [0.15, 0.2) is 5.78 Å². The lowest BCUT2D eigenvalue weighted by atomic mass is 9.70. The van der Waals surface area contributed by atoms with E-state index >= 15 is 0 Å². The fourth-order valence-electron chi connectivity index (χ4n) is 2.74. The molecule has 1 aliphatic carbocycles. The molecule has 136 valence electrons. The van der Waals surface area contributed by atoms with Crippen molar-refractivity contribution in [1.82, 2.24) is 5.32 Å². The molecule has 0 fully saturated rings. The summed E-state index contributed by atoms with van der Waals surface area (Å²) in [5.41, 5.74) is 0.316. The average Bonchev–Trinajstić information content (AvgIpc) is 2.59. The number of nitrogens with one attached hydrogen (secondary N) is 1. The van der Waals surface area contributed by atoms with Crippen molar-refractivity contribution < 1.29 is 24.2 Å². The quantitative estimate of drug-likeness (QED) is 0.631. The van der Waals surface area contributed by atoms with Gasteiger partial charge in [-0.3, -0.25) is 14.4 Å². The van der Waals surface area contributed by atoms with Gasteiger partial charge in [0.25, 0.3) is 5.91 Å². The first-order chi connectivity index (χ1) is 12.2. The molecular weight excluding hydrogens is 334 g/mol. The summed E-state index contributed by atoms with van der Waals surface area (Å²) in [6.07, 6.45) is 0. The number of carbonyl (C=O) groups excluding carboxylic acids is 3. The minimum absolute atomic E-state index is 0.204. The molecule has 0 heterocycles. The van der Waals surface area contributed by atoms with Gasteiger partial charge in [-0.1, -0.05) is 11.8 Å². The predicted octanol–water partition coefficient (Wildman–Crippen LogP) is 1.52. The van der Waals surface area contributed by atoms with Crippen molar-refractivity contribution in [3.63, 3.8) is 0 Å². The van der Waals surface area contributed by atoms with Crippen LogP contribution in [0.2, 0.25) is 0 Å². The Bertz CT molecular complexity index is 868. The Balaban J connectivity index is 2.52. The molecule has 1 aliphatic rings. The van der Waals surface area contributed by atoms with Crippen molar-refractivity contribution in [3.05, 3.63) is 40.5 Å². The first kappa shape index (κ1) is 19.4. The fourth-order valence-corrected chi connectivity index (χ4v) is 2.74. The molecule has 0 aromatic heterocycles. The van der Waals surface area contributed by atoms with Crippen LogP contribution in [0.5, 0.6) is 0 Å². The Hall–Kier alpha value is -2.91. The van der Waals surface area contributed by atoms with Crippen LogP contribution >= 0.6 is 0 Å². The minimum atomic E-state index is -1.02. The van der Waals surface area contributed by atoms with Crippen LogP contribution in [0.4, 0.5) is 0 Å². The van der Waals surface area contributed by atoms with Crippen molar-refractivity contribution in [2.45, 2.75) is 26.2 Å². The van der Waals surface area contributed by atoms with Gasteiger partial charge in [0.05, 0.1) is 12.0 Å². The molecule has 0 aliphatic heterocycles. The van der Waals surface area contributed by atoms with E-state index in [4.69, 9.17) is 4.74 Å². The Morgan fingerprint density at radius 2 is 2.00 bits per heavy atom. The molecule has 1 aromatic carbocycles. The lowest BCUT2D eigenvalue weighted by molar-refractivity contribution is -0.126. The molecule has 0 saturated heterocycles. The van der Waals surface area contributed by atoms with Crippen LogP contribution in [0.3, 0.4) is 0 Å². The van der Waals surface area contributed by atoms with Crippen molar-refractivity contribution in [1.29, 1.82) is 0 Å². The van der Waals surface area contributed by atoms with Crippen LogP contribution < -0.4 is 5.32 Å². The highest BCUT2D eigenvalue weighted by atomic mass is 16.5. The molecule has 0 atom stereocenters. The van der Waals surface area contributed by atoms with Gasteiger partial charge >= 0.3 is 0 Å². The third-order valence-corrected chi connectivity index (χ3v) is 4.15. The van der Waals surface area contributed by atoms with E-state index in [0.717, 1.165) is 0 Å². The first-order valence-corrected chi connectivity index (χ1v) is 8.08. The summed E-state index contributed by atoms with van der Waals surface area (Å²) in [5, 5.41) is 12.9. The zero-order valence-corrected chi connectivity index (χ0v) is 15.2. The Labute approximate surface area is 152 Å². The van der Waals surface area contributed by atoms with E-state index in [9.17, 15) is 19.5 Å². The van der Waals surface area contributed by atoms with Gasteiger partial charge in [-0.15, -0.1) is 0 Å². The van der Waals surface area contributed by atoms with Crippen LogP contribution in [-0.4, -0.2) is 42.8 Å². The molecule has 1 aromatic rings. The SMILES string of the molecule is COCC#Cc1ccc2c(c1)C(C)(C)C(=O)C(C(=O)NCC(C)=O)=C2O. The van der Waals surface area contributed by atoms with Crippen LogP contribution in [0.1, 0.15) is 37.5 Å². The zero-order valence-electron chi connectivity index (χ0n) is 15.2. The topological polar surface area (TPSA) is 92.7 Å². The maximum absolute atomic E-state index is 12.9. The molecule has 26 heavy (non-hydrogen) atoms. The average molecular weight is 355 g/mol. The predicted molar refractivity (Wildman–Crippen MR) is 96.5 cm³/mol. The Kier molecular flexibility index (Phi) is 5.63. The number of aliphatic hydroxyl groups is 1. The fraction of sp³-hybridized carbons (Fsp3) is 0.350. The number of amides is 1. The number of fused-ring (bicyclic) bond motifs is 1. The molecule has 0 spiro atoms. The van der Waals surface area contributed by atoms with E-state index < -0.39 is 17.1 Å². The molecule has 0 unspecified atom stereocenters. The number of hydrogen-bond donors (Lipinski definition) is 2. The highest BCUT2D eigenvalue weighted by Crippen LogP contribution is 2.39. The second-order valence-electron chi connectivity index (χ2n) is 6.56. The monoisotopic (exact) mass is 355 g/mol. The van der Waals surface area contributed by atoms with Gasteiger partial charge in [-0.05, 0) is 44.5 Å². The van der Waals surface area contributed by atoms with E-state index in [1.807, 2.05) is 0 Å². The van der Waals surface area contributed by atoms with Gasteiger partial charge in [0.2, 0.25) is 0 Å². The Morgan fingerprint density at radius 3 is 2.62 bits per heavy atom. The summed E-state index contributed by atoms with van der Waals surface area (Å²) in [6, 6.07) is 5.07. The summed E-state index contributed by atoms with van der Waals surface area (Å²) in [5.74, 6) is 3.86. The normalized spacial score (nSPS) is 15.0. The molecule has 0 bridgehead atoms. The standard InChI is InChI=1S/C20H21NO5/c1-12(22)11-21-19(25)16-17(23)14-8-7-13(6-5-9-26-4)10-15(14)20(2,3)18(16)24/h7-8,10,23H,9,11H2,1-4H3,(H,21,25). The van der Waals surface area contributed by atoms with Crippen molar-refractivity contribution >= 4 is 23.2 Å². The third-order valence-electron chi connectivity index (χ3n) is 4.15. The second-order valence-corrected chi connectivity index (χ2v) is 6.56. The van der Waals surface area contributed by atoms with Crippen LogP contribution in [0, 0.1) is 11.8 Å². The van der Waals surface area contributed by atoms with Crippen molar-refractivity contribution in [3.8, 4) is 11.8 Å². The summed E-state index contributed by atoms with van der Waals surface area (Å²) >= 11 is 0. The number of ether oxygens (including phenoxy) is 1. The summed E-state index contributed by atoms with van der Waals surface area (Å²) in [4.78, 5) is 36.2. The van der Waals surface area contributed by atoms with Crippen LogP contribution in [-0.2, 0) is 24.5 Å². The van der Waals surface area contributed by atoms with Gasteiger partial charge < -0.3 is 15.2 Å². The molecule has 2 N–H and O–H groups in total. The van der Waals surface area contributed by atoms with Crippen LogP contribution in [0.25, 0.3) is 5.76 Å². The number of Topliss-reactive ketones (excluding diaryl/α,β-unsaturated/α-hetero) is 2. The van der Waals surface area contributed by atoms with Gasteiger partial charge in [0.1, 0.15) is 23.7 Å². The number of rotatable bonds is 4. The lowest BCUT2D eigenvalue weighted by Gasteiger charge is -2.32.